The van der Waals surface area contributed by atoms with Crippen LogP contribution < -0.4 is 4.90 Å². The van der Waals surface area contributed by atoms with Gasteiger partial charge in [0.05, 0.1) is 11.4 Å². The second kappa shape index (κ2) is 6.07. The monoisotopic (exact) mass is 338 g/mol. The fraction of sp³-hybridized carbons (Fsp3) is 0.647. The van der Waals surface area contributed by atoms with E-state index in [4.69, 9.17) is 4.74 Å². The molecular weight excluding hydrogens is 312 g/mol. The van der Waals surface area contributed by atoms with Crippen LogP contribution in [0, 0.1) is 0 Å². The van der Waals surface area contributed by atoms with Crippen molar-refractivity contribution in [1.82, 2.24) is 4.31 Å². The highest BCUT2D eigenvalue weighted by Gasteiger charge is 2.38. The number of nitrogens with zero attached hydrogens (tertiary/aromatic N) is 2. The first-order chi connectivity index (χ1) is 10.8. The van der Waals surface area contributed by atoms with Gasteiger partial charge in [0, 0.05) is 38.5 Å². The van der Waals surface area contributed by atoms with E-state index in [0.717, 1.165) is 24.9 Å². The maximum atomic E-state index is 12.9. The molecule has 1 aromatic carbocycles. The van der Waals surface area contributed by atoms with E-state index in [1.165, 1.54) is 5.69 Å². The molecule has 0 amide bonds. The molecule has 6 heteroatoms. The number of fused-ring (bicyclic) bond motifs is 3. The summed E-state index contributed by atoms with van der Waals surface area (Å²) in [5.41, 5.74) is 1.61. The first kappa shape index (κ1) is 16.7. The zero-order chi connectivity index (χ0) is 16.7. The fourth-order valence-corrected chi connectivity index (χ4v) is 5.47. The van der Waals surface area contributed by atoms with E-state index in [-0.39, 0.29) is 11.8 Å². The van der Waals surface area contributed by atoms with Crippen molar-refractivity contribution in [2.24, 2.45) is 0 Å². The van der Waals surface area contributed by atoms with Gasteiger partial charge in [0.25, 0.3) is 0 Å². The van der Waals surface area contributed by atoms with Gasteiger partial charge in [-0.15, -0.1) is 0 Å². The SMILES string of the molecule is COC(C)(C)CS(=O)(=O)N1Cc2ccccc2N2CCC[C@@H]2C1. The minimum atomic E-state index is -3.38. The number of hydrogen-bond acceptors (Lipinski definition) is 4. The van der Waals surface area contributed by atoms with Crippen molar-refractivity contribution in [3.63, 3.8) is 0 Å². The molecule has 0 saturated carbocycles. The van der Waals surface area contributed by atoms with E-state index in [1.54, 1.807) is 11.4 Å². The van der Waals surface area contributed by atoms with Crippen molar-refractivity contribution in [2.75, 3.05) is 30.9 Å². The van der Waals surface area contributed by atoms with Crippen molar-refractivity contribution in [2.45, 2.75) is 44.9 Å². The molecule has 1 atom stereocenters. The molecule has 1 saturated heterocycles. The third-order valence-corrected chi connectivity index (χ3v) is 7.04. The van der Waals surface area contributed by atoms with Crippen LogP contribution in [-0.2, 0) is 21.3 Å². The van der Waals surface area contributed by atoms with E-state index < -0.39 is 15.6 Å². The van der Waals surface area contributed by atoms with E-state index in [9.17, 15) is 8.42 Å². The largest absolute Gasteiger partial charge is 0.378 e. The third-order valence-electron chi connectivity index (χ3n) is 4.92. The highest BCUT2D eigenvalue weighted by Crippen LogP contribution is 2.34. The van der Waals surface area contributed by atoms with Gasteiger partial charge in [-0.1, -0.05) is 18.2 Å². The lowest BCUT2D eigenvalue weighted by atomic mass is 10.1. The molecule has 2 aliphatic rings. The zero-order valence-corrected chi connectivity index (χ0v) is 15.0. The molecule has 0 unspecified atom stereocenters. The Hall–Kier alpha value is -1.11. The molecule has 3 rings (SSSR count). The summed E-state index contributed by atoms with van der Waals surface area (Å²) in [5.74, 6) is 0.00534. The maximum absolute atomic E-state index is 12.9. The second-order valence-electron chi connectivity index (χ2n) is 7.13. The number of rotatable bonds is 4. The molecule has 0 aromatic heterocycles. The second-order valence-corrected chi connectivity index (χ2v) is 9.10. The van der Waals surface area contributed by atoms with E-state index in [1.807, 2.05) is 32.0 Å². The molecule has 0 aliphatic carbocycles. The van der Waals surface area contributed by atoms with Crippen LogP contribution in [0.5, 0.6) is 0 Å². The maximum Gasteiger partial charge on any atom is 0.217 e. The van der Waals surface area contributed by atoms with Gasteiger partial charge < -0.3 is 9.64 Å². The van der Waals surface area contributed by atoms with Crippen LogP contribution in [-0.4, -0.2) is 50.3 Å². The Labute approximate surface area is 139 Å². The average Bonchev–Trinajstić information content (AvgIpc) is 2.88. The number of methoxy groups -OCH3 is 1. The van der Waals surface area contributed by atoms with Crippen molar-refractivity contribution in [1.29, 1.82) is 0 Å². The Kier molecular flexibility index (Phi) is 4.42. The van der Waals surface area contributed by atoms with Crippen molar-refractivity contribution >= 4 is 15.7 Å². The van der Waals surface area contributed by atoms with Gasteiger partial charge in [-0.05, 0) is 38.3 Å². The lowest BCUT2D eigenvalue weighted by molar-refractivity contribution is 0.0415. The molecule has 2 heterocycles. The summed E-state index contributed by atoms with van der Waals surface area (Å²) >= 11 is 0. The molecule has 0 radical (unpaired) electrons. The molecular formula is C17H26N2O3S. The van der Waals surface area contributed by atoms with Gasteiger partial charge in [-0.25, -0.2) is 8.42 Å². The topological polar surface area (TPSA) is 49.9 Å². The van der Waals surface area contributed by atoms with Crippen LogP contribution in [0.1, 0.15) is 32.3 Å². The van der Waals surface area contributed by atoms with Crippen LogP contribution in [0.2, 0.25) is 0 Å². The Bertz CT molecular complexity index is 672. The standard InChI is InChI=1S/C17H26N2O3S/c1-17(2,22-3)13-23(20,21)18-11-14-7-4-5-9-16(14)19-10-6-8-15(19)12-18/h4-5,7,9,15H,6,8,10-13H2,1-3H3/t15-/m1/s1. The van der Waals surface area contributed by atoms with Crippen LogP contribution in [0.4, 0.5) is 5.69 Å². The minimum Gasteiger partial charge on any atom is -0.378 e. The molecule has 128 valence electrons. The summed E-state index contributed by atoms with van der Waals surface area (Å²) in [6.07, 6.45) is 2.17. The van der Waals surface area contributed by atoms with E-state index in [2.05, 4.69) is 11.0 Å². The molecule has 2 aliphatic heterocycles. The lowest BCUT2D eigenvalue weighted by Crippen LogP contribution is -2.45. The van der Waals surface area contributed by atoms with Crippen LogP contribution in [0.15, 0.2) is 24.3 Å². The summed E-state index contributed by atoms with van der Waals surface area (Å²) < 4.78 is 32.9. The average molecular weight is 338 g/mol. The number of benzene rings is 1. The van der Waals surface area contributed by atoms with Crippen LogP contribution in [0.25, 0.3) is 0 Å². The van der Waals surface area contributed by atoms with Gasteiger partial charge >= 0.3 is 0 Å². The number of ether oxygens (including phenoxy) is 1. The molecule has 0 N–H and O–H groups in total. The zero-order valence-electron chi connectivity index (χ0n) is 14.2. The first-order valence-electron chi connectivity index (χ1n) is 8.20. The Morgan fingerprint density at radius 1 is 1.30 bits per heavy atom. The minimum absolute atomic E-state index is 0.00534. The molecule has 5 nitrogen and oxygen atoms in total. The molecule has 0 bridgehead atoms. The van der Waals surface area contributed by atoms with Gasteiger partial charge in [0.15, 0.2) is 0 Å². The number of para-hydroxylation sites is 1. The predicted molar refractivity (Wildman–Crippen MR) is 92.1 cm³/mol. The quantitative estimate of drug-likeness (QED) is 0.845. The fourth-order valence-electron chi connectivity index (χ4n) is 3.56. The third kappa shape index (κ3) is 3.39. The smallest absolute Gasteiger partial charge is 0.217 e. The van der Waals surface area contributed by atoms with Crippen molar-refractivity contribution < 1.29 is 13.2 Å². The van der Waals surface area contributed by atoms with Gasteiger partial charge in [0.2, 0.25) is 10.0 Å². The van der Waals surface area contributed by atoms with Gasteiger partial charge in [-0.2, -0.15) is 4.31 Å². The summed E-state index contributed by atoms with van der Waals surface area (Å²) in [7, 11) is -1.81. The Balaban J connectivity index is 1.93. The Morgan fingerprint density at radius 2 is 2.04 bits per heavy atom. The van der Waals surface area contributed by atoms with E-state index >= 15 is 0 Å². The summed E-state index contributed by atoms with van der Waals surface area (Å²) in [5, 5.41) is 0. The van der Waals surface area contributed by atoms with Crippen LogP contribution >= 0.6 is 0 Å². The number of hydrogen-bond donors (Lipinski definition) is 0. The highest BCUT2D eigenvalue weighted by atomic mass is 32.2. The van der Waals surface area contributed by atoms with E-state index in [0.29, 0.717) is 13.1 Å². The predicted octanol–water partition coefficient (Wildman–Crippen LogP) is 2.23. The van der Waals surface area contributed by atoms with Gasteiger partial charge in [-0.3, -0.25) is 0 Å². The molecule has 0 spiro atoms. The molecule has 1 aromatic rings. The van der Waals surface area contributed by atoms with Gasteiger partial charge in [0.1, 0.15) is 0 Å². The van der Waals surface area contributed by atoms with Crippen molar-refractivity contribution in [3.8, 4) is 0 Å². The number of sulfonamides is 1. The van der Waals surface area contributed by atoms with Crippen LogP contribution in [0.3, 0.4) is 0 Å². The highest BCUT2D eigenvalue weighted by molar-refractivity contribution is 7.89. The summed E-state index contributed by atoms with van der Waals surface area (Å²) in [4.78, 5) is 2.38. The first-order valence-corrected chi connectivity index (χ1v) is 9.81. The number of anilines is 1. The van der Waals surface area contributed by atoms with Crippen molar-refractivity contribution in [3.05, 3.63) is 29.8 Å². The normalized spacial score (nSPS) is 22.6. The summed E-state index contributed by atoms with van der Waals surface area (Å²) in [6.45, 7) is 5.66. The Morgan fingerprint density at radius 3 is 2.78 bits per heavy atom. The molecule has 1 fully saturated rings. The molecule has 23 heavy (non-hydrogen) atoms. The summed E-state index contributed by atoms with van der Waals surface area (Å²) in [6, 6.07) is 8.45. The lowest BCUT2D eigenvalue weighted by Gasteiger charge is -2.30.